The molecule has 0 radical (unpaired) electrons. The molecule has 2 rings (SSSR count). The molecule has 1 aromatic rings. The fourth-order valence-corrected chi connectivity index (χ4v) is 2.31. The molecule has 0 amide bonds. The molecule has 0 spiro atoms. The normalized spacial score (nSPS) is 15.1. The molecule has 1 N–H and O–H groups in total. The van der Waals surface area contributed by atoms with Gasteiger partial charge in [-0.05, 0) is 36.6 Å². The SMILES string of the molecule is O=C(O)c1ccc2c(c1)CCCN2CCOC(F)(F)F. The molecule has 7 heteroatoms. The highest BCUT2D eigenvalue weighted by molar-refractivity contribution is 5.88. The zero-order valence-electron chi connectivity index (χ0n) is 10.6. The Labute approximate surface area is 113 Å². The highest BCUT2D eigenvalue weighted by Crippen LogP contribution is 2.28. The van der Waals surface area contributed by atoms with Crippen molar-refractivity contribution in [2.24, 2.45) is 0 Å². The van der Waals surface area contributed by atoms with Gasteiger partial charge in [0.15, 0.2) is 0 Å². The number of alkyl halides is 3. The lowest BCUT2D eigenvalue weighted by Crippen LogP contribution is -2.34. The van der Waals surface area contributed by atoms with Gasteiger partial charge in [-0.25, -0.2) is 4.79 Å². The fourth-order valence-electron chi connectivity index (χ4n) is 2.31. The third-order valence-corrected chi connectivity index (χ3v) is 3.17. The molecule has 0 aliphatic carbocycles. The van der Waals surface area contributed by atoms with Crippen molar-refractivity contribution in [3.05, 3.63) is 29.3 Å². The summed E-state index contributed by atoms with van der Waals surface area (Å²) < 4.78 is 39.6. The Bertz CT molecular complexity index is 502. The zero-order valence-corrected chi connectivity index (χ0v) is 10.6. The summed E-state index contributed by atoms with van der Waals surface area (Å²) in [5.74, 6) is -1.01. The lowest BCUT2D eigenvalue weighted by atomic mass is 9.99. The van der Waals surface area contributed by atoms with Gasteiger partial charge >= 0.3 is 12.3 Å². The molecule has 0 atom stereocenters. The van der Waals surface area contributed by atoms with Crippen LogP contribution in [0.4, 0.5) is 18.9 Å². The van der Waals surface area contributed by atoms with E-state index in [1.54, 1.807) is 17.0 Å². The van der Waals surface area contributed by atoms with Crippen molar-refractivity contribution in [2.45, 2.75) is 19.2 Å². The molecule has 0 bridgehead atoms. The molecule has 0 unspecified atom stereocenters. The second-order valence-electron chi connectivity index (χ2n) is 4.53. The van der Waals surface area contributed by atoms with Crippen LogP contribution in [0.15, 0.2) is 18.2 Å². The Kier molecular flexibility index (Phi) is 4.17. The van der Waals surface area contributed by atoms with Crippen molar-refractivity contribution < 1.29 is 27.8 Å². The van der Waals surface area contributed by atoms with Gasteiger partial charge in [-0.3, -0.25) is 4.74 Å². The number of carboxylic acid groups (broad SMARTS) is 1. The number of aryl methyl sites for hydroxylation is 1. The quantitative estimate of drug-likeness (QED) is 0.926. The van der Waals surface area contributed by atoms with E-state index < -0.39 is 18.9 Å². The van der Waals surface area contributed by atoms with Gasteiger partial charge in [-0.1, -0.05) is 0 Å². The number of hydrogen-bond acceptors (Lipinski definition) is 3. The number of fused-ring (bicyclic) bond motifs is 1. The van der Waals surface area contributed by atoms with Gasteiger partial charge in [-0.2, -0.15) is 0 Å². The first-order chi connectivity index (χ1) is 9.37. The number of carbonyl (C=O) groups is 1. The molecular weight excluding hydrogens is 275 g/mol. The van der Waals surface area contributed by atoms with Crippen LogP contribution in [0.25, 0.3) is 0 Å². The van der Waals surface area contributed by atoms with Gasteiger partial charge in [0.1, 0.15) is 0 Å². The monoisotopic (exact) mass is 289 g/mol. The Hall–Kier alpha value is -1.76. The summed E-state index contributed by atoms with van der Waals surface area (Å²) in [7, 11) is 0. The second kappa shape index (κ2) is 5.70. The number of anilines is 1. The van der Waals surface area contributed by atoms with E-state index in [0.717, 1.165) is 24.1 Å². The van der Waals surface area contributed by atoms with Crippen molar-refractivity contribution in [3.63, 3.8) is 0 Å². The summed E-state index contributed by atoms with van der Waals surface area (Å²) in [6, 6.07) is 4.68. The molecular formula is C13H14F3NO3. The van der Waals surface area contributed by atoms with Crippen LogP contribution in [0.2, 0.25) is 0 Å². The molecule has 0 saturated carbocycles. The fraction of sp³-hybridized carbons (Fsp3) is 0.462. The highest BCUT2D eigenvalue weighted by atomic mass is 19.4. The number of carboxylic acids is 1. The first kappa shape index (κ1) is 14.6. The van der Waals surface area contributed by atoms with Gasteiger partial charge in [0.05, 0.1) is 12.2 Å². The smallest absolute Gasteiger partial charge is 0.478 e. The van der Waals surface area contributed by atoms with Crippen molar-refractivity contribution in [1.29, 1.82) is 0 Å². The number of benzene rings is 1. The molecule has 0 fully saturated rings. The first-order valence-corrected chi connectivity index (χ1v) is 6.19. The Morgan fingerprint density at radius 1 is 1.40 bits per heavy atom. The number of aromatic carboxylic acids is 1. The number of hydrogen-bond donors (Lipinski definition) is 1. The summed E-state index contributed by atoms with van der Waals surface area (Å²) in [6.45, 7) is 0.323. The van der Waals surface area contributed by atoms with E-state index in [4.69, 9.17) is 5.11 Å². The van der Waals surface area contributed by atoms with E-state index in [1.807, 2.05) is 0 Å². The van der Waals surface area contributed by atoms with E-state index in [2.05, 4.69) is 4.74 Å². The van der Waals surface area contributed by atoms with Gasteiger partial charge in [0.2, 0.25) is 0 Å². The molecule has 4 nitrogen and oxygen atoms in total. The van der Waals surface area contributed by atoms with Gasteiger partial charge < -0.3 is 10.0 Å². The van der Waals surface area contributed by atoms with Crippen molar-refractivity contribution in [3.8, 4) is 0 Å². The molecule has 1 aliphatic heterocycles. The van der Waals surface area contributed by atoms with Crippen LogP contribution in [0, 0.1) is 0 Å². The van der Waals surface area contributed by atoms with E-state index in [-0.39, 0.29) is 12.1 Å². The largest absolute Gasteiger partial charge is 0.522 e. The number of halogens is 3. The van der Waals surface area contributed by atoms with Crippen LogP contribution in [0.3, 0.4) is 0 Å². The molecule has 1 aliphatic rings. The number of nitrogens with zero attached hydrogens (tertiary/aromatic N) is 1. The standard InChI is InChI=1S/C13H14F3NO3/c14-13(15,16)20-7-6-17-5-1-2-9-8-10(12(18)19)3-4-11(9)17/h3-4,8H,1-2,5-7H2,(H,18,19). The molecule has 1 aromatic carbocycles. The third-order valence-electron chi connectivity index (χ3n) is 3.17. The highest BCUT2D eigenvalue weighted by Gasteiger charge is 2.29. The van der Waals surface area contributed by atoms with Crippen molar-refractivity contribution in [2.75, 3.05) is 24.6 Å². The molecule has 0 saturated heterocycles. The lowest BCUT2D eigenvalue weighted by molar-refractivity contribution is -0.323. The van der Waals surface area contributed by atoms with E-state index >= 15 is 0 Å². The summed E-state index contributed by atoms with van der Waals surface area (Å²) >= 11 is 0. The Morgan fingerprint density at radius 3 is 2.80 bits per heavy atom. The van der Waals surface area contributed by atoms with Crippen LogP contribution in [-0.4, -0.2) is 37.1 Å². The van der Waals surface area contributed by atoms with Gasteiger partial charge in [0, 0.05) is 18.8 Å². The molecule has 0 aromatic heterocycles. The van der Waals surface area contributed by atoms with Crippen LogP contribution in [0.1, 0.15) is 22.3 Å². The van der Waals surface area contributed by atoms with E-state index in [9.17, 15) is 18.0 Å². The van der Waals surface area contributed by atoms with Crippen LogP contribution in [0.5, 0.6) is 0 Å². The Balaban J connectivity index is 2.07. The first-order valence-electron chi connectivity index (χ1n) is 6.19. The third kappa shape index (κ3) is 3.63. The predicted molar refractivity (Wildman–Crippen MR) is 65.9 cm³/mol. The average Bonchev–Trinajstić information content (AvgIpc) is 2.36. The minimum atomic E-state index is -4.62. The van der Waals surface area contributed by atoms with E-state index in [1.165, 1.54) is 6.07 Å². The van der Waals surface area contributed by atoms with Crippen molar-refractivity contribution >= 4 is 11.7 Å². The van der Waals surface area contributed by atoms with Gasteiger partial charge in [-0.15, -0.1) is 13.2 Å². The summed E-state index contributed by atoms with van der Waals surface area (Å²) in [4.78, 5) is 12.7. The number of ether oxygens (including phenoxy) is 1. The summed E-state index contributed by atoms with van der Waals surface area (Å²) in [5, 5.41) is 8.92. The minimum Gasteiger partial charge on any atom is -0.478 e. The van der Waals surface area contributed by atoms with Crippen molar-refractivity contribution in [1.82, 2.24) is 0 Å². The summed E-state index contributed by atoms with van der Waals surface area (Å²) in [5.41, 5.74) is 1.83. The Morgan fingerprint density at radius 2 is 2.15 bits per heavy atom. The average molecular weight is 289 g/mol. The minimum absolute atomic E-state index is 0.124. The molecule has 1 heterocycles. The molecule has 20 heavy (non-hydrogen) atoms. The predicted octanol–water partition coefficient (Wildman–Crippen LogP) is 2.67. The maximum Gasteiger partial charge on any atom is 0.522 e. The summed E-state index contributed by atoms with van der Waals surface area (Å²) in [6.07, 6.45) is -3.11. The van der Waals surface area contributed by atoms with Crippen LogP contribution >= 0.6 is 0 Å². The van der Waals surface area contributed by atoms with Gasteiger partial charge in [0.25, 0.3) is 0 Å². The lowest BCUT2D eigenvalue weighted by Gasteiger charge is -2.31. The van der Waals surface area contributed by atoms with Crippen LogP contribution in [-0.2, 0) is 11.2 Å². The second-order valence-corrected chi connectivity index (χ2v) is 4.53. The molecule has 110 valence electrons. The maximum absolute atomic E-state index is 11.9. The van der Waals surface area contributed by atoms with E-state index in [0.29, 0.717) is 6.54 Å². The topological polar surface area (TPSA) is 49.8 Å². The zero-order chi connectivity index (χ0) is 14.8. The van der Waals surface area contributed by atoms with Crippen LogP contribution < -0.4 is 4.90 Å². The maximum atomic E-state index is 11.9. The number of rotatable bonds is 4.